The van der Waals surface area contributed by atoms with Gasteiger partial charge >= 0.3 is 0 Å². The summed E-state index contributed by atoms with van der Waals surface area (Å²) in [4.78, 5) is 3.84. The summed E-state index contributed by atoms with van der Waals surface area (Å²) in [6.07, 6.45) is 3.95. The summed E-state index contributed by atoms with van der Waals surface area (Å²) in [7, 11) is 1.93. The van der Waals surface area contributed by atoms with E-state index in [0.29, 0.717) is 12.0 Å². The highest BCUT2D eigenvalue weighted by Gasteiger charge is 2.10. The number of nitrogens with zero attached hydrogens (tertiary/aromatic N) is 1. The molecular weight excluding hydrogens is 179 g/mol. The minimum absolute atomic E-state index is 0.258. The van der Waals surface area contributed by atoms with Gasteiger partial charge in [0.1, 0.15) is 5.82 Å². The molecule has 1 aromatic heterocycles. The molecule has 78 valence electrons. The minimum atomic E-state index is -0.258. The van der Waals surface area contributed by atoms with Crippen LogP contribution in [0.3, 0.4) is 0 Å². The second-order valence-corrected chi connectivity index (χ2v) is 3.76. The second kappa shape index (κ2) is 5.05. The van der Waals surface area contributed by atoms with E-state index in [1.807, 2.05) is 7.05 Å². The maximum atomic E-state index is 12.9. The monoisotopic (exact) mass is 196 g/mol. The molecule has 1 rings (SSSR count). The molecule has 1 aromatic rings. The van der Waals surface area contributed by atoms with Gasteiger partial charge in [0.25, 0.3) is 0 Å². The van der Waals surface area contributed by atoms with E-state index in [1.54, 1.807) is 12.3 Å². The van der Waals surface area contributed by atoms with Crippen LogP contribution in [0.4, 0.5) is 4.39 Å². The van der Waals surface area contributed by atoms with Gasteiger partial charge in [-0.2, -0.15) is 0 Å². The average molecular weight is 196 g/mol. The van der Waals surface area contributed by atoms with E-state index >= 15 is 0 Å². The largest absolute Gasteiger partial charge is 0.317 e. The van der Waals surface area contributed by atoms with Gasteiger partial charge in [-0.3, -0.25) is 4.98 Å². The van der Waals surface area contributed by atoms with Crippen molar-refractivity contribution in [2.24, 2.45) is 0 Å². The first kappa shape index (κ1) is 11.1. The third-order valence-corrected chi connectivity index (χ3v) is 2.49. The summed E-state index contributed by atoms with van der Waals surface area (Å²) in [6, 6.07) is 1.99. The molecule has 0 amide bonds. The van der Waals surface area contributed by atoms with Crippen LogP contribution in [-0.2, 0) is 0 Å². The Morgan fingerprint density at radius 2 is 2.14 bits per heavy atom. The Morgan fingerprint density at radius 1 is 1.43 bits per heavy atom. The van der Waals surface area contributed by atoms with Crippen LogP contribution >= 0.6 is 0 Å². The van der Waals surface area contributed by atoms with Crippen LogP contribution < -0.4 is 5.32 Å². The van der Waals surface area contributed by atoms with Crippen molar-refractivity contribution in [3.8, 4) is 0 Å². The van der Waals surface area contributed by atoms with Gasteiger partial charge in [-0.05, 0) is 37.9 Å². The molecule has 0 aliphatic rings. The third-order valence-electron chi connectivity index (χ3n) is 2.49. The van der Waals surface area contributed by atoms with Crippen LogP contribution in [0.5, 0.6) is 0 Å². The van der Waals surface area contributed by atoms with E-state index in [9.17, 15) is 4.39 Å². The molecule has 2 nitrogen and oxygen atoms in total. The molecule has 1 N–H and O–H groups in total. The fraction of sp³-hybridized carbons (Fsp3) is 0.545. The van der Waals surface area contributed by atoms with Gasteiger partial charge in [0.05, 0.1) is 6.20 Å². The van der Waals surface area contributed by atoms with Crippen molar-refractivity contribution in [2.75, 3.05) is 7.05 Å². The Labute approximate surface area is 84.6 Å². The van der Waals surface area contributed by atoms with Crippen molar-refractivity contribution in [2.45, 2.75) is 32.2 Å². The van der Waals surface area contributed by atoms with Crippen molar-refractivity contribution in [3.05, 3.63) is 29.8 Å². The van der Waals surface area contributed by atoms with E-state index in [2.05, 4.69) is 24.1 Å². The fourth-order valence-corrected chi connectivity index (χ4v) is 1.48. The summed E-state index contributed by atoms with van der Waals surface area (Å²) in [6.45, 7) is 4.20. The number of hydrogen-bond donors (Lipinski definition) is 1. The van der Waals surface area contributed by atoms with Gasteiger partial charge in [0.15, 0.2) is 0 Å². The lowest BCUT2D eigenvalue weighted by molar-refractivity contribution is 0.512. The first-order chi connectivity index (χ1) is 6.63. The standard InChI is InChI=1S/C11H17FN2/c1-8(4-9(2)13-3)10-5-11(12)7-14-6-10/h5-9,13H,4H2,1-3H3. The molecule has 2 unspecified atom stereocenters. The second-order valence-electron chi connectivity index (χ2n) is 3.76. The molecule has 0 aromatic carbocycles. The van der Waals surface area contributed by atoms with Gasteiger partial charge in [0.2, 0.25) is 0 Å². The zero-order valence-corrected chi connectivity index (χ0v) is 8.92. The van der Waals surface area contributed by atoms with Crippen molar-refractivity contribution in [1.82, 2.24) is 10.3 Å². The van der Waals surface area contributed by atoms with Crippen molar-refractivity contribution >= 4 is 0 Å². The lowest BCUT2D eigenvalue weighted by atomic mass is 9.96. The normalized spacial score (nSPS) is 15.1. The third kappa shape index (κ3) is 3.07. The molecule has 14 heavy (non-hydrogen) atoms. The Morgan fingerprint density at radius 3 is 2.71 bits per heavy atom. The maximum Gasteiger partial charge on any atom is 0.141 e. The Kier molecular flexibility index (Phi) is 4.01. The van der Waals surface area contributed by atoms with Gasteiger partial charge in [-0.1, -0.05) is 6.92 Å². The van der Waals surface area contributed by atoms with Crippen LogP contribution in [0, 0.1) is 5.82 Å². The average Bonchev–Trinajstić information content (AvgIpc) is 2.17. The van der Waals surface area contributed by atoms with Gasteiger partial charge in [-0.25, -0.2) is 4.39 Å². The van der Waals surface area contributed by atoms with Crippen molar-refractivity contribution in [1.29, 1.82) is 0 Å². The smallest absolute Gasteiger partial charge is 0.141 e. The maximum absolute atomic E-state index is 12.9. The number of pyridine rings is 1. The van der Waals surface area contributed by atoms with E-state index in [1.165, 1.54) is 6.20 Å². The first-order valence-corrected chi connectivity index (χ1v) is 4.91. The fourth-order valence-electron chi connectivity index (χ4n) is 1.48. The van der Waals surface area contributed by atoms with Crippen LogP contribution in [-0.4, -0.2) is 18.1 Å². The predicted molar refractivity (Wildman–Crippen MR) is 55.7 cm³/mol. The Bertz CT molecular complexity index is 288. The predicted octanol–water partition coefficient (Wildman–Crippen LogP) is 2.32. The van der Waals surface area contributed by atoms with Crippen molar-refractivity contribution < 1.29 is 4.39 Å². The summed E-state index contributed by atoms with van der Waals surface area (Å²) >= 11 is 0. The molecule has 0 bridgehead atoms. The zero-order valence-electron chi connectivity index (χ0n) is 8.92. The lowest BCUT2D eigenvalue weighted by Crippen LogP contribution is -2.23. The van der Waals surface area contributed by atoms with Gasteiger partial charge in [0, 0.05) is 12.2 Å². The highest BCUT2D eigenvalue weighted by atomic mass is 19.1. The number of nitrogens with one attached hydrogen (secondary N) is 1. The summed E-state index contributed by atoms with van der Waals surface area (Å²) in [5.74, 6) is 0.0760. The van der Waals surface area contributed by atoms with Crippen LogP contribution in [0.15, 0.2) is 18.5 Å². The van der Waals surface area contributed by atoms with Crippen molar-refractivity contribution in [3.63, 3.8) is 0 Å². The summed E-state index contributed by atoms with van der Waals surface area (Å²) in [5.41, 5.74) is 0.965. The number of aromatic nitrogens is 1. The van der Waals surface area contributed by atoms with E-state index in [4.69, 9.17) is 0 Å². The van der Waals surface area contributed by atoms with E-state index < -0.39 is 0 Å². The quantitative estimate of drug-likeness (QED) is 0.799. The van der Waals surface area contributed by atoms with E-state index in [-0.39, 0.29) is 5.82 Å². The number of halogens is 1. The Balaban J connectivity index is 2.64. The molecule has 2 atom stereocenters. The van der Waals surface area contributed by atoms with Crippen LogP contribution in [0.2, 0.25) is 0 Å². The molecule has 0 aliphatic heterocycles. The molecule has 0 spiro atoms. The van der Waals surface area contributed by atoms with Crippen LogP contribution in [0.1, 0.15) is 31.7 Å². The number of hydrogen-bond acceptors (Lipinski definition) is 2. The summed E-state index contributed by atoms with van der Waals surface area (Å²) in [5, 5.41) is 3.17. The SMILES string of the molecule is CNC(C)CC(C)c1cncc(F)c1. The molecule has 0 saturated heterocycles. The van der Waals surface area contributed by atoms with Gasteiger partial charge in [-0.15, -0.1) is 0 Å². The lowest BCUT2D eigenvalue weighted by Gasteiger charge is -2.16. The number of rotatable bonds is 4. The van der Waals surface area contributed by atoms with Gasteiger partial charge < -0.3 is 5.32 Å². The van der Waals surface area contributed by atoms with E-state index in [0.717, 1.165) is 12.0 Å². The highest BCUT2D eigenvalue weighted by Crippen LogP contribution is 2.19. The molecule has 0 aliphatic carbocycles. The molecule has 0 fully saturated rings. The molecule has 1 heterocycles. The van der Waals surface area contributed by atoms with Crippen LogP contribution in [0.25, 0.3) is 0 Å². The minimum Gasteiger partial charge on any atom is -0.317 e. The molecule has 0 radical (unpaired) electrons. The zero-order chi connectivity index (χ0) is 10.6. The topological polar surface area (TPSA) is 24.9 Å². The first-order valence-electron chi connectivity index (χ1n) is 4.91. The highest BCUT2D eigenvalue weighted by molar-refractivity contribution is 5.15. The molecule has 0 saturated carbocycles. The Hall–Kier alpha value is -0.960. The summed E-state index contributed by atoms with van der Waals surface area (Å²) < 4.78 is 12.9. The molecular formula is C11H17FN2. The molecule has 3 heteroatoms.